The van der Waals surface area contributed by atoms with Gasteiger partial charge >= 0.3 is 0 Å². The average molecular weight is 390 g/mol. The summed E-state index contributed by atoms with van der Waals surface area (Å²) in [4.78, 5) is 30.5. The minimum Gasteiger partial charge on any atom is -0.376 e. The zero-order chi connectivity index (χ0) is 20.4. The van der Waals surface area contributed by atoms with Crippen molar-refractivity contribution in [2.75, 3.05) is 13.2 Å². The summed E-state index contributed by atoms with van der Waals surface area (Å²) in [6.07, 6.45) is 2.01. The van der Waals surface area contributed by atoms with E-state index in [4.69, 9.17) is 4.74 Å². The second-order valence-electron chi connectivity index (χ2n) is 7.91. The molecular weight excluding hydrogens is 364 g/mol. The van der Waals surface area contributed by atoms with Gasteiger partial charge in [-0.3, -0.25) is 9.59 Å². The molecule has 1 atom stereocenters. The van der Waals surface area contributed by atoms with Crippen LogP contribution in [0.1, 0.15) is 39.9 Å². The highest BCUT2D eigenvalue weighted by molar-refractivity contribution is 6.06. The van der Waals surface area contributed by atoms with Gasteiger partial charge in [-0.2, -0.15) is 0 Å². The lowest BCUT2D eigenvalue weighted by atomic mass is 10.0. The van der Waals surface area contributed by atoms with Gasteiger partial charge in [0.05, 0.1) is 11.7 Å². The number of aryl methyl sites for hydroxylation is 2. The third-order valence-corrected chi connectivity index (χ3v) is 5.42. The first kappa shape index (κ1) is 19.4. The summed E-state index contributed by atoms with van der Waals surface area (Å²) in [5, 5.41) is 0.774. The molecule has 1 fully saturated rings. The second kappa shape index (κ2) is 8.21. The van der Waals surface area contributed by atoms with Crippen molar-refractivity contribution in [3.05, 3.63) is 81.1 Å². The Morgan fingerprint density at radius 2 is 1.97 bits per heavy atom. The molecule has 29 heavy (non-hydrogen) atoms. The first-order chi connectivity index (χ1) is 14.0. The first-order valence-electron chi connectivity index (χ1n) is 10.1. The number of hydrogen-bond acceptors (Lipinski definition) is 3. The van der Waals surface area contributed by atoms with E-state index < -0.39 is 0 Å². The summed E-state index contributed by atoms with van der Waals surface area (Å²) in [5.74, 6) is -0.135. The molecule has 2 heterocycles. The fraction of sp³-hybridized carbons (Fsp3) is 0.333. The van der Waals surface area contributed by atoms with Crippen LogP contribution in [0.15, 0.2) is 53.3 Å². The quantitative estimate of drug-likeness (QED) is 0.717. The predicted octanol–water partition coefficient (Wildman–Crippen LogP) is 3.97. The van der Waals surface area contributed by atoms with Crippen LogP contribution in [0.4, 0.5) is 0 Å². The number of amides is 1. The average Bonchev–Trinajstić information content (AvgIpc) is 3.20. The molecule has 0 saturated carbocycles. The van der Waals surface area contributed by atoms with Crippen molar-refractivity contribution < 1.29 is 9.53 Å². The van der Waals surface area contributed by atoms with Gasteiger partial charge in [-0.05, 0) is 44.4 Å². The van der Waals surface area contributed by atoms with Gasteiger partial charge in [-0.25, -0.2) is 0 Å². The van der Waals surface area contributed by atoms with Gasteiger partial charge in [-0.15, -0.1) is 0 Å². The second-order valence-corrected chi connectivity index (χ2v) is 7.91. The van der Waals surface area contributed by atoms with E-state index in [0.29, 0.717) is 24.2 Å². The third-order valence-electron chi connectivity index (χ3n) is 5.42. The molecule has 0 spiro atoms. The van der Waals surface area contributed by atoms with Crippen molar-refractivity contribution in [2.45, 2.75) is 39.3 Å². The van der Waals surface area contributed by atoms with Gasteiger partial charge in [0.25, 0.3) is 5.91 Å². The molecule has 1 aliphatic heterocycles. The maximum Gasteiger partial charge on any atom is 0.255 e. The van der Waals surface area contributed by atoms with Crippen LogP contribution in [0.2, 0.25) is 0 Å². The molecule has 5 nitrogen and oxygen atoms in total. The fourth-order valence-corrected chi connectivity index (χ4v) is 4.00. The number of H-pyrrole nitrogens is 1. The maximum absolute atomic E-state index is 13.6. The number of benzene rings is 2. The van der Waals surface area contributed by atoms with Gasteiger partial charge in [0.15, 0.2) is 0 Å². The summed E-state index contributed by atoms with van der Waals surface area (Å²) >= 11 is 0. The minimum absolute atomic E-state index is 0.0405. The van der Waals surface area contributed by atoms with E-state index in [9.17, 15) is 9.59 Å². The van der Waals surface area contributed by atoms with Gasteiger partial charge in [0.1, 0.15) is 0 Å². The van der Waals surface area contributed by atoms with E-state index in [1.165, 1.54) is 6.07 Å². The van der Waals surface area contributed by atoms with Crippen LogP contribution < -0.4 is 5.56 Å². The Balaban J connectivity index is 1.73. The van der Waals surface area contributed by atoms with Crippen LogP contribution in [0.5, 0.6) is 0 Å². The van der Waals surface area contributed by atoms with Crippen LogP contribution in [0.3, 0.4) is 0 Å². The highest BCUT2D eigenvalue weighted by atomic mass is 16.5. The minimum atomic E-state index is -0.266. The Morgan fingerprint density at radius 1 is 1.14 bits per heavy atom. The number of hydrogen-bond donors (Lipinski definition) is 1. The lowest BCUT2D eigenvalue weighted by molar-refractivity contribution is 0.0508. The van der Waals surface area contributed by atoms with Crippen LogP contribution in [0.25, 0.3) is 10.9 Å². The number of pyridine rings is 1. The van der Waals surface area contributed by atoms with Crippen molar-refractivity contribution in [3.63, 3.8) is 0 Å². The van der Waals surface area contributed by atoms with E-state index in [1.54, 1.807) is 0 Å². The van der Waals surface area contributed by atoms with Crippen molar-refractivity contribution >= 4 is 16.8 Å². The summed E-state index contributed by atoms with van der Waals surface area (Å²) in [6, 6.07) is 15.3. The molecule has 150 valence electrons. The van der Waals surface area contributed by atoms with Crippen LogP contribution in [-0.4, -0.2) is 35.0 Å². The number of rotatable bonds is 5. The Morgan fingerprint density at radius 3 is 2.72 bits per heavy atom. The molecule has 4 rings (SSSR count). The van der Waals surface area contributed by atoms with E-state index in [0.717, 1.165) is 41.5 Å². The van der Waals surface area contributed by atoms with Crippen LogP contribution in [-0.2, 0) is 11.3 Å². The van der Waals surface area contributed by atoms with Gasteiger partial charge in [0.2, 0.25) is 5.56 Å². The number of ether oxygens (including phenoxy) is 1. The van der Waals surface area contributed by atoms with Gasteiger partial charge < -0.3 is 14.6 Å². The SMILES string of the molecule is Cc1cccc(CN(CC2CCCO2)C(=O)c2cc(=O)[nH]c3ccc(C)cc23)c1. The Hall–Kier alpha value is -2.92. The zero-order valence-corrected chi connectivity index (χ0v) is 16.9. The molecule has 3 aromatic rings. The number of fused-ring (bicyclic) bond motifs is 1. The molecule has 1 unspecified atom stereocenters. The molecule has 0 bridgehead atoms. The van der Waals surface area contributed by atoms with Crippen molar-refractivity contribution in [2.24, 2.45) is 0 Å². The monoisotopic (exact) mass is 390 g/mol. The van der Waals surface area contributed by atoms with Gasteiger partial charge in [-0.1, -0.05) is 41.5 Å². The Kier molecular flexibility index (Phi) is 5.49. The molecule has 2 aromatic carbocycles. The van der Waals surface area contributed by atoms with Crippen molar-refractivity contribution in [1.82, 2.24) is 9.88 Å². The number of nitrogens with zero attached hydrogens (tertiary/aromatic N) is 1. The summed E-state index contributed by atoms with van der Waals surface area (Å²) in [5.41, 5.74) is 4.13. The molecular formula is C24H26N2O3. The number of aromatic nitrogens is 1. The van der Waals surface area contributed by atoms with E-state index in [-0.39, 0.29) is 17.6 Å². The molecule has 0 radical (unpaired) electrons. The lowest BCUT2D eigenvalue weighted by Crippen LogP contribution is -2.37. The maximum atomic E-state index is 13.6. The highest BCUT2D eigenvalue weighted by Gasteiger charge is 2.25. The summed E-state index contributed by atoms with van der Waals surface area (Å²) in [6.45, 7) is 5.77. The molecule has 1 aromatic heterocycles. The zero-order valence-electron chi connectivity index (χ0n) is 16.9. The normalized spacial score (nSPS) is 16.3. The van der Waals surface area contributed by atoms with E-state index in [1.807, 2.05) is 55.1 Å². The molecule has 0 aliphatic carbocycles. The number of carbonyl (C=O) groups is 1. The standard InChI is InChI=1S/C24H26N2O3/c1-16-5-3-6-18(11-16)14-26(15-19-7-4-10-29-19)24(28)21-13-23(27)25-22-9-8-17(2)12-20(21)22/h3,5-6,8-9,11-13,19H,4,7,10,14-15H2,1-2H3,(H,25,27). The third kappa shape index (κ3) is 4.40. The smallest absolute Gasteiger partial charge is 0.255 e. The Labute approximate surface area is 170 Å². The fourth-order valence-electron chi connectivity index (χ4n) is 4.00. The molecule has 1 saturated heterocycles. The van der Waals surface area contributed by atoms with Crippen molar-refractivity contribution in [3.8, 4) is 0 Å². The van der Waals surface area contributed by atoms with Gasteiger partial charge in [0, 0.05) is 36.7 Å². The molecule has 1 amide bonds. The molecule has 1 aliphatic rings. The van der Waals surface area contributed by atoms with E-state index >= 15 is 0 Å². The Bertz CT molecular complexity index is 1100. The molecule has 5 heteroatoms. The van der Waals surface area contributed by atoms with E-state index in [2.05, 4.69) is 11.1 Å². The summed E-state index contributed by atoms with van der Waals surface area (Å²) < 4.78 is 5.80. The molecule has 1 N–H and O–H groups in total. The largest absolute Gasteiger partial charge is 0.376 e. The van der Waals surface area contributed by atoms with Crippen LogP contribution >= 0.6 is 0 Å². The number of nitrogens with one attached hydrogen (secondary N) is 1. The lowest BCUT2D eigenvalue weighted by Gasteiger charge is -2.26. The van der Waals surface area contributed by atoms with Crippen molar-refractivity contribution in [1.29, 1.82) is 0 Å². The number of aromatic amines is 1. The predicted molar refractivity (Wildman–Crippen MR) is 114 cm³/mol. The first-order valence-corrected chi connectivity index (χ1v) is 10.1. The van der Waals surface area contributed by atoms with Crippen LogP contribution in [0, 0.1) is 13.8 Å². The highest BCUT2D eigenvalue weighted by Crippen LogP contribution is 2.22. The summed E-state index contributed by atoms with van der Waals surface area (Å²) in [7, 11) is 0. The number of carbonyl (C=O) groups excluding carboxylic acids is 1. The topological polar surface area (TPSA) is 62.4 Å².